The lowest BCUT2D eigenvalue weighted by molar-refractivity contribution is -0.130. The van der Waals surface area contributed by atoms with E-state index in [9.17, 15) is 9.18 Å². The first-order valence-electron chi connectivity index (χ1n) is 6.51. The summed E-state index contributed by atoms with van der Waals surface area (Å²) in [7, 11) is 0. The fraction of sp³-hybridized carbons (Fsp3) is 0.500. The van der Waals surface area contributed by atoms with Gasteiger partial charge < -0.3 is 10.6 Å². The summed E-state index contributed by atoms with van der Waals surface area (Å²) in [6.07, 6.45) is 2.27. The van der Waals surface area contributed by atoms with E-state index in [0.717, 1.165) is 19.5 Å². The monoisotopic (exact) mass is 282 g/mol. The molecule has 2 N–H and O–H groups in total. The molecule has 1 aliphatic heterocycles. The Labute approximate surface area is 117 Å². The second kappa shape index (κ2) is 6.28. The van der Waals surface area contributed by atoms with Crippen LogP contribution in [0.3, 0.4) is 0 Å². The maximum Gasteiger partial charge on any atom is 0.232 e. The van der Waals surface area contributed by atoms with Crippen molar-refractivity contribution in [3.8, 4) is 0 Å². The van der Waals surface area contributed by atoms with Gasteiger partial charge in [0.05, 0.1) is 5.75 Å². The highest BCUT2D eigenvalue weighted by Crippen LogP contribution is 2.23. The molecule has 1 saturated heterocycles. The van der Waals surface area contributed by atoms with Gasteiger partial charge in [-0.2, -0.15) is 0 Å². The van der Waals surface area contributed by atoms with E-state index in [1.54, 1.807) is 6.07 Å². The molecule has 2 rings (SSSR count). The smallest absolute Gasteiger partial charge is 0.232 e. The Morgan fingerprint density at radius 3 is 3.00 bits per heavy atom. The number of likely N-dealkylation sites (tertiary alicyclic amines) is 1. The molecule has 0 bridgehead atoms. The summed E-state index contributed by atoms with van der Waals surface area (Å²) < 4.78 is 13.2. The molecule has 1 atom stereocenters. The van der Waals surface area contributed by atoms with Gasteiger partial charge >= 0.3 is 0 Å². The topological polar surface area (TPSA) is 46.3 Å². The van der Waals surface area contributed by atoms with Gasteiger partial charge in [0.15, 0.2) is 0 Å². The van der Waals surface area contributed by atoms with E-state index in [1.165, 1.54) is 30.3 Å². The number of nitrogen functional groups attached to an aromatic ring is 1. The van der Waals surface area contributed by atoms with Crippen LogP contribution in [-0.4, -0.2) is 29.6 Å². The lowest BCUT2D eigenvalue weighted by Crippen LogP contribution is -2.40. The number of rotatable bonds is 3. The van der Waals surface area contributed by atoms with Gasteiger partial charge in [0.2, 0.25) is 5.91 Å². The van der Waals surface area contributed by atoms with Crippen LogP contribution in [0.25, 0.3) is 0 Å². The number of piperidine rings is 1. The van der Waals surface area contributed by atoms with Gasteiger partial charge in [-0.1, -0.05) is 6.92 Å². The van der Waals surface area contributed by atoms with Crippen LogP contribution in [0, 0.1) is 11.7 Å². The highest BCUT2D eigenvalue weighted by molar-refractivity contribution is 8.00. The minimum atomic E-state index is -0.360. The molecule has 1 aromatic rings. The summed E-state index contributed by atoms with van der Waals surface area (Å²) >= 11 is 1.34. The van der Waals surface area contributed by atoms with Gasteiger partial charge in [-0.3, -0.25) is 4.79 Å². The normalized spacial score (nSPS) is 19.5. The number of carbonyl (C=O) groups is 1. The van der Waals surface area contributed by atoms with Gasteiger partial charge in [0, 0.05) is 23.7 Å². The third-order valence-corrected chi connectivity index (χ3v) is 4.23. The number of hydrogen-bond donors (Lipinski definition) is 1. The Bertz CT molecular complexity index is 447. The van der Waals surface area contributed by atoms with Crippen LogP contribution in [0.2, 0.25) is 0 Å². The lowest BCUT2D eigenvalue weighted by atomic mass is 10.0. The Kier molecular flexibility index (Phi) is 4.69. The Morgan fingerprint density at radius 2 is 2.32 bits per heavy atom. The van der Waals surface area contributed by atoms with E-state index >= 15 is 0 Å². The van der Waals surface area contributed by atoms with Gasteiger partial charge in [-0.05, 0) is 37.0 Å². The Hall–Kier alpha value is -1.23. The van der Waals surface area contributed by atoms with E-state index in [2.05, 4.69) is 6.92 Å². The van der Waals surface area contributed by atoms with Crippen LogP contribution in [-0.2, 0) is 4.79 Å². The van der Waals surface area contributed by atoms with Gasteiger partial charge in [-0.15, -0.1) is 11.8 Å². The Morgan fingerprint density at radius 1 is 1.53 bits per heavy atom. The molecule has 0 aliphatic carbocycles. The van der Waals surface area contributed by atoms with Crippen LogP contribution in [0.4, 0.5) is 10.1 Å². The molecule has 1 amide bonds. The molecule has 0 radical (unpaired) electrons. The van der Waals surface area contributed by atoms with Crippen LogP contribution >= 0.6 is 11.8 Å². The molecule has 1 unspecified atom stereocenters. The number of thioether (sulfide) groups is 1. The summed E-state index contributed by atoms with van der Waals surface area (Å²) in [6.45, 7) is 3.85. The van der Waals surface area contributed by atoms with Crippen molar-refractivity contribution in [3.63, 3.8) is 0 Å². The minimum absolute atomic E-state index is 0.124. The van der Waals surface area contributed by atoms with Crippen molar-refractivity contribution < 1.29 is 9.18 Å². The molecule has 104 valence electrons. The number of nitrogens with two attached hydrogens (primary N) is 1. The predicted molar refractivity (Wildman–Crippen MR) is 76.5 cm³/mol. The predicted octanol–water partition coefficient (Wildman–Crippen LogP) is 2.76. The standard InChI is InChI=1S/C14H19FN2OS/c1-10-3-2-4-17(8-10)14(18)9-19-13-6-11(15)5-12(16)7-13/h5-7,10H,2-4,8-9,16H2,1H3. The van der Waals surface area contributed by atoms with Gasteiger partial charge in [0.1, 0.15) is 5.82 Å². The maximum absolute atomic E-state index is 13.2. The summed E-state index contributed by atoms with van der Waals surface area (Å²) in [6, 6.07) is 4.38. The average molecular weight is 282 g/mol. The van der Waals surface area contributed by atoms with E-state index in [-0.39, 0.29) is 11.7 Å². The molecule has 0 spiro atoms. The number of carbonyl (C=O) groups excluding carboxylic acids is 1. The van der Waals surface area contributed by atoms with E-state index < -0.39 is 0 Å². The fourth-order valence-electron chi connectivity index (χ4n) is 2.32. The number of nitrogens with zero attached hydrogens (tertiary/aromatic N) is 1. The number of benzene rings is 1. The van der Waals surface area contributed by atoms with Crippen molar-refractivity contribution in [2.45, 2.75) is 24.7 Å². The maximum atomic E-state index is 13.2. The quantitative estimate of drug-likeness (QED) is 0.685. The highest BCUT2D eigenvalue weighted by atomic mass is 32.2. The molecule has 19 heavy (non-hydrogen) atoms. The summed E-state index contributed by atoms with van der Waals surface area (Å²) in [5.74, 6) is 0.684. The molecule has 0 saturated carbocycles. The van der Waals surface area contributed by atoms with Crippen molar-refractivity contribution in [1.29, 1.82) is 0 Å². The zero-order valence-corrected chi connectivity index (χ0v) is 11.9. The SMILES string of the molecule is CC1CCCN(C(=O)CSc2cc(N)cc(F)c2)C1. The van der Waals surface area contributed by atoms with Crippen LogP contribution in [0.15, 0.2) is 23.1 Å². The second-order valence-electron chi connectivity index (χ2n) is 5.10. The lowest BCUT2D eigenvalue weighted by Gasteiger charge is -2.30. The summed E-state index contributed by atoms with van der Waals surface area (Å²) in [5.41, 5.74) is 5.97. The molecule has 1 aromatic carbocycles. The number of halogens is 1. The number of amides is 1. The second-order valence-corrected chi connectivity index (χ2v) is 6.14. The highest BCUT2D eigenvalue weighted by Gasteiger charge is 2.20. The van der Waals surface area contributed by atoms with Crippen molar-refractivity contribution in [2.24, 2.45) is 5.92 Å². The van der Waals surface area contributed by atoms with E-state index in [1.807, 2.05) is 4.90 Å². The molecule has 0 aromatic heterocycles. The molecule has 1 heterocycles. The molecule has 5 heteroatoms. The largest absolute Gasteiger partial charge is 0.399 e. The minimum Gasteiger partial charge on any atom is -0.399 e. The van der Waals surface area contributed by atoms with Crippen LogP contribution in [0.5, 0.6) is 0 Å². The summed E-state index contributed by atoms with van der Waals surface area (Å²) in [5, 5.41) is 0. The third kappa shape index (κ3) is 4.13. The number of anilines is 1. The first-order chi connectivity index (χ1) is 9.04. The molecule has 1 aliphatic rings. The zero-order valence-electron chi connectivity index (χ0n) is 11.1. The molecule has 3 nitrogen and oxygen atoms in total. The number of hydrogen-bond acceptors (Lipinski definition) is 3. The third-order valence-electron chi connectivity index (χ3n) is 3.27. The van der Waals surface area contributed by atoms with Crippen molar-refractivity contribution in [1.82, 2.24) is 4.90 Å². The first-order valence-corrected chi connectivity index (χ1v) is 7.50. The summed E-state index contributed by atoms with van der Waals surface area (Å²) in [4.78, 5) is 14.7. The van der Waals surface area contributed by atoms with Crippen molar-refractivity contribution >= 4 is 23.4 Å². The fourth-order valence-corrected chi connectivity index (χ4v) is 3.21. The molecular weight excluding hydrogens is 263 g/mol. The van der Waals surface area contributed by atoms with Crippen LogP contribution in [0.1, 0.15) is 19.8 Å². The van der Waals surface area contributed by atoms with Gasteiger partial charge in [0.25, 0.3) is 0 Å². The van der Waals surface area contributed by atoms with Gasteiger partial charge in [-0.25, -0.2) is 4.39 Å². The van der Waals surface area contributed by atoms with Crippen LogP contribution < -0.4 is 5.73 Å². The first kappa shape index (κ1) is 14.2. The van der Waals surface area contributed by atoms with Crippen molar-refractivity contribution in [2.75, 3.05) is 24.6 Å². The Balaban J connectivity index is 1.89. The molecular formula is C14H19FN2OS. The van der Waals surface area contributed by atoms with E-state index in [4.69, 9.17) is 5.73 Å². The van der Waals surface area contributed by atoms with E-state index in [0.29, 0.717) is 22.3 Å². The van der Waals surface area contributed by atoms with Crippen molar-refractivity contribution in [3.05, 3.63) is 24.0 Å². The zero-order chi connectivity index (χ0) is 13.8. The molecule has 1 fully saturated rings. The average Bonchev–Trinajstić information content (AvgIpc) is 2.35.